The van der Waals surface area contributed by atoms with Crippen molar-refractivity contribution in [2.24, 2.45) is 0 Å². The molecule has 0 amide bonds. The summed E-state index contributed by atoms with van der Waals surface area (Å²) < 4.78 is 4.82. The fraction of sp³-hybridized carbons (Fsp3) is 0.600. The first-order chi connectivity index (χ1) is 7.33. The minimum absolute atomic E-state index is 0.382. The van der Waals surface area contributed by atoms with E-state index in [0.29, 0.717) is 19.6 Å². The van der Waals surface area contributed by atoms with Gasteiger partial charge < -0.3 is 15.2 Å². The molecule has 5 nitrogen and oxygen atoms in total. The predicted molar refractivity (Wildman–Crippen MR) is 56.2 cm³/mol. The van der Waals surface area contributed by atoms with Gasteiger partial charge in [-0.3, -0.25) is 9.97 Å². The maximum absolute atomic E-state index is 9.35. The quantitative estimate of drug-likeness (QED) is 0.620. The molecule has 2 N–H and O–H groups in total. The van der Waals surface area contributed by atoms with Gasteiger partial charge in [-0.25, -0.2) is 0 Å². The van der Waals surface area contributed by atoms with Crippen molar-refractivity contribution >= 4 is 0 Å². The molecule has 15 heavy (non-hydrogen) atoms. The molecule has 0 bridgehead atoms. The molecule has 0 saturated carbocycles. The van der Waals surface area contributed by atoms with Crippen LogP contribution in [0.15, 0.2) is 18.6 Å². The molecule has 0 radical (unpaired) electrons. The molecular weight excluding hydrogens is 194 g/mol. The molecule has 1 aromatic rings. The Hall–Kier alpha value is -1.04. The van der Waals surface area contributed by atoms with Gasteiger partial charge in [0.05, 0.1) is 18.4 Å². The van der Waals surface area contributed by atoms with Gasteiger partial charge in [-0.15, -0.1) is 0 Å². The van der Waals surface area contributed by atoms with Crippen LogP contribution in [0.25, 0.3) is 0 Å². The van der Waals surface area contributed by atoms with E-state index < -0.39 is 6.10 Å². The molecule has 1 unspecified atom stereocenters. The van der Waals surface area contributed by atoms with Crippen molar-refractivity contribution in [3.63, 3.8) is 0 Å². The summed E-state index contributed by atoms with van der Waals surface area (Å²) in [6.45, 7) is 1.79. The molecule has 0 aromatic carbocycles. The van der Waals surface area contributed by atoms with Crippen molar-refractivity contribution in [3.05, 3.63) is 24.3 Å². The lowest BCUT2D eigenvalue weighted by molar-refractivity contribution is 0.0594. The maximum atomic E-state index is 9.35. The third kappa shape index (κ3) is 5.41. The highest BCUT2D eigenvalue weighted by molar-refractivity contribution is 4.93. The van der Waals surface area contributed by atoms with Gasteiger partial charge in [0, 0.05) is 32.2 Å². The van der Waals surface area contributed by atoms with Crippen LogP contribution in [-0.4, -0.2) is 41.4 Å². The van der Waals surface area contributed by atoms with Gasteiger partial charge in [0.25, 0.3) is 0 Å². The number of methoxy groups -OCH3 is 1. The van der Waals surface area contributed by atoms with Gasteiger partial charge in [-0.1, -0.05) is 0 Å². The van der Waals surface area contributed by atoms with Crippen LogP contribution in [0.1, 0.15) is 12.1 Å². The minimum Gasteiger partial charge on any atom is -0.391 e. The van der Waals surface area contributed by atoms with Gasteiger partial charge in [-0.05, 0) is 13.0 Å². The Morgan fingerprint density at radius 3 is 3.07 bits per heavy atom. The second kappa shape index (κ2) is 7.28. The molecule has 1 heterocycles. The minimum atomic E-state index is -0.399. The fourth-order valence-electron chi connectivity index (χ4n) is 1.18. The number of nitrogens with zero attached hydrogens (tertiary/aromatic N) is 2. The van der Waals surface area contributed by atoms with E-state index in [0.717, 1.165) is 12.2 Å². The lowest BCUT2D eigenvalue weighted by Gasteiger charge is -2.09. The van der Waals surface area contributed by atoms with E-state index in [-0.39, 0.29) is 0 Å². The van der Waals surface area contributed by atoms with Crippen LogP contribution >= 0.6 is 0 Å². The van der Waals surface area contributed by atoms with Crippen LogP contribution in [0.4, 0.5) is 0 Å². The van der Waals surface area contributed by atoms with Crippen LogP contribution in [0.3, 0.4) is 0 Å². The summed E-state index contributed by atoms with van der Waals surface area (Å²) in [7, 11) is 1.58. The molecule has 5 heteroatoms. The van der Waals surface area contributed by atoms with Gasteiger partial charge in [0.2, 0.25) is 0 Å². The Morgan fingerprint density at radius 1 is 1.53 bits per heavy atom. The lowest BCUT2D eigenvalue weighted by Crippen LogP contribution is -2.23. The van der Waals surface area contributed by atoms with E-state index in [1.165, 1.54) is 0 Å². The van der Waals surface area contributed by atoms with E-state index in [4.69, 9.17) is 4.74 Å². The molecule has 0 aliphatic carbocycles. The van der Waals surface area contributed by atoms with Crippen LogP contribution in [0.2, 0.25) is 0 Å². The summed E-state index contributed by atoms with van der Waals surface area (Å²) in [5.41, 5.74) is 0.902. The summed E-state index contributed by atoms with van der Waals surface area (Å²) in [5, 5.41) is 12.5. The van der Waals surface area contributed by atoms with E-state index in [2.05, 4.69) is 15.3 Å². The lowest BCUT2D eigenvalue weighted by atomic mass is 10.2. The highest BCUT2D eigenvalue weighted by atomic mass is 16.5. The number of aliphatic hydroxyl groups excluding tert-OH is 1. The molecule has 0 aliphatic rings. The van der Waals surface area contributed by atoms with E-state index in [1.54, 1.807) is 25.7 Å². The van der Waals surface area contributed by atoms with Crippen molar-refractivity contribution in [2.45, 2.75) is 19.1 Å². The molecule has 1 rings (SSSR count). The van der Waals surface area contributed by atoms with Crippen LogP contribution in [0.5, 0.6) is 0 Å². The molecular formula is C10H17N3O2. The van der Waals surface area contributed by atoms with Crippen molar-refractivity contribution in [2.75, 3.05) is 20.3 Å². The van der Waals surface area contributed by atoms with Crippen molar-refractivity contribution < 1.29 is 9.84 Å². The first kappa shape index (κ1) is 12.0. The van der Waals surface area contributed by atoms with E-state index in [9.17, 15) is 5.11 Å². The smallest absolute Gasteiger partial charge is 0.0785 e. The zero-order valence-corrected chi connectivity index (χ0v) is 8.89. The zero-order chi connectivity index (χ0) is 10.9. The summed E-state index contributed by atoms with van der Waals surface area (Å²) in [4.78, 5) is 8.08. The van der Waals surface area contributed by atoms with Crippen LogP contribution in [-0.2, 0) is 11.3 Å². The van der Waals surface area contributed by atoms with Crippen LogP contribution < -0.4 is 5.32 Å². The maximum Gasteiger partial charge on any atom is 0.0785 e. The molecule has 1 atom stereocenters. The summed E-state index contributed by atoms with van der Waals surface area (Å²) >= 11 is 0. The average Bonchev–Trinajstić information content (AvgIpc) is 2.26. The average molecular weight is 211 g/mol. The number of ether oxygens (including phenoxy) is 1. The third-order valence-electron chi connectivity index (χ3n) is 1.94. The first-order valence-corrected chi connectivity index (χ1v) is 4.95. The first-order valence-electron chi connectivity index (χ1n) is 4.95. The van der Waals surface area contributed by atoms with Crippen molar-refractivity contribution in [1.82, 2.24) is 15.3 Å². The number of nitrogens with one attached hydrogen (secondary N) is 1. The standard InChI is InChI=1S/C10H17N3O2/c1-15-8-10(14)2-3-11-6-9-7-12-4-5-13-9/h4-5,7,10-11,14H,2-3,6,8H2,1H3. The van der Waals surface area contributed by atoms with Crippen molar-refractivity contribution in [1.29, 1.82) is 0 Å². The number of hydrogen-bond donors (Lipinski definition) is 2. The summed E-state index contributed by atoms with van der Waals surface area (Å²) in [6.07, 6.45) is 5.30. The second-order valence-corrected chi connectivity index (χ2v) is 3.27. The third-order valence-corrected chi connectivity index (χ3v) is 1.94. The van der Waals surface area contributed by atoms with Gasteiger partial charge in [0.15, 0.2) is 0 Å². The molecule has 0 spiro atoms. The topological polar surface area (TPSA) is 67.3 Å². The fourth-order valence-corrected chi connectivity index (χ4v) is 1.18. The molecule has 0 saturated heterocycles. The Labute approximate surface area is 89.5 Å². The number of aliphatic hydroxyl groups is 1. The largest absolute Gasteiger partial charge is 0.391 e. The number of hydrogen-bond acceptors (Lipinski definition) is 5. The second-order valence-electron chi connectivity index (χ2n) is 3.27. The Bertz CT molecular complexity index is 256. The summed E-state index contributed by atoms with van der Waals surface area (Å²) in [6, 6.07) is 0. The van der Waals surface area contributed by atoms with Gasteiger partial charge in [-0.2, -0.15) is 0 Å². The molecule has 84 valence electrons. The predicted octanol–water partition coefficient (Wildman–Crippen LogP) is -0.0364. The Kier molecular flexibility index (Phi) is 5.84. The normalized spacial score (nSPS) is 12.7. The highest BCUT2D eigenvalue weighted by Crippen LogP contribution is 1.92. The Balaban J connectivity index is 2.07. The zero-order valence-electron chi connectivity index (χ0n) is 8.89. The van der Waals surface area contributed by atoms with E-state index >= 15 is 0 Å². The van der Waals surface area contributed by atoms with Crippen molar-refractivity contribution in [3.8, 4) is 0 Å². The SMILES string of the molecule is COCC(O)CCNCc1cnccn1. The van der Waals surface area contributed by atoms with E-state index in [1.807, 2.05) is 0 Å². The number of aromatic nitrogens is 2. The highest BCUT2D eigenvalue weighted by Gasteiger charge is 2.02. The number of rotatable bonds is 7. The Morgan fingerprint density at radius 2 is 2.40 bits per heavy atom. The van der Waals surface area contributed by atoms with Gasteiger partial charge >= 0.3 is 0 Å². The molecule has 0 fully saturated rings. The molecule has 0 aliphatic heterocycles. The van der Waals surface area contributed by atoms with Gasteiger partial charge in [0.1, 0.15) is 0 Å². The molecule has 1 aromatic heterocycles. The monoisotopic (exact) mass is 211 g/mol. The van der Waals surface area contributed by atoms with Crippen LogP contribution in [0, 0.1) is 0 Å². The summed E-state index contributed by atoms with van der Waals surface area (Å²) in [5.74, 6) is 0.